The number of allylic oxidation sites excluding steroid dienone is 8. The summed E-state index contributed by atoms with van der Waals surface area (Å²) in [7, 11) is 0. The maximum Gasteiger partial charge on any atom is -0.0196 e. The van der Waals surface area contributed by atoms with E-state index in [0.717, 1.165) is 34.1 Å². The molecule has 0 bridgehead atoms. The summed E-state index contributed by atoms with van der Waals surface area (Å²) in [6.45, 7) is 30.2. The van der Waals surface area contributed by atoms with E-state index < -0.39 is 0 Å². The molecule has 146 valence electrons. The molecule has 0 aromatic carbocycles. The van der Waals surface area contributed by atoms with Crippen molar-refractivity contribution in [3.05, 3.63) is 72.9 Å². The maximum atomic E-state index is 4.21. The molecule has 0 aliphatic rings. The van der Waals surface area contributed by atoms with Crippen molar-refractivity contribution in [2.24, 2.45) is 23.7 Å². The molecule has 0 aromatic rings. The zero-order valence-electron chi connectivity index (χ0n) is 18.3. The zero-order chi connectivity index (χ0) is 20.3. The summed E-state index contributed by atoms with van der Waals surface area (Å²) in [5.41, 5.74) is 4.19. The molecule has 0 saturated heterocycles. The molecule has 0 rings (SSSR count). The van der Waals surface area contributed by atoms with Gasteiger partial charge in [-0.05, 0) is 47.7 Å². The lowest BCUT2D eigenvalue weighted by Crippen LogP contribution is -1.99. The summed E-state index contributed by atoms with van der Waals surface area (Å²) in [6, 6.07) is 0. The van der Waals surface area contributed by atoms with E-state index >= 15 is 0 Å². The molecule has 26 heavy (non-hydrogen) atoms. The molecule has 0 nitrogen and oxygen atoms in total. The van der Waals surface area contributed by atoms with Crippen LogP contribution in [0.3, 0.4) is 0 Å². The summed E-state index contributed by atoms with van der Waals surface area (Å²) in [6.07, 6.45) is 13.1. The minimum absolute atomic E-state index is 0.506. The second-order valence-electron chi connectivity index (χ2n) is 8.61. The zero-order valence-corrected chi connectivity index (χ0v) is 18.3. The summed E-state index contributed by atoms with van der Waals surface area (Å²) < 4.78 is 0. The third-order valence-corrected chi connectivity index (χ3v) is 5.03. The van der Waals surface area contributed by atoms with Crippen LogP contribution in [0.15, 0.2) is 72.9 Å². The Balaban J connectivity index is 4.51. The average Bonchev–Trinajstić information content (AvgIpc) is 2.58. The van der Waals surface area contributed by atoms with Gasteiger partial charge >= 0.3 is 0 Å². The number of hydrogen-bond donors (Lipinski definition) is 0. The van der Waals surface area contributed by atoms with Crippen LogP contribution in [0.25, 0.3) is 0 Å². The van der Waals surface area contributed by atoms with E-state index in [2.05, 4.69) is 80.0 Å². The van der Waals surface area contributed by atoms with Crippen LogP contribution in [0.1, 0.15) is 67.2 Å². The molecule has 0 heteroatoms. The van der Waals surface area contributed by atoms with Gasteiger partial charge in [-0.2, -0.15) is 0 Å². The van der Waals surface area contributed by atoms with Crippen LogP contribution in [-0.4, -0.2) is 0 Å². The Hall–Kier alpha value is -1.56. The van der Waals surface area contributed by atoms with E-state index in [4.69, 9.17) is 0 Å². The van der Waals surface area contributed by atoms with Crippen LogP contribution in [0.5, 0.6) is 0 Å². The van der Waals surface area contributed by atoms with Crippen molar-refractivity contribution < 1.29 is 0 Å². The highest BCUT2D eigenvalue weighted by Gasteiger charge is 2.07. The molecule has 2 unspecified atom stereocenters. The lowest BCUT2D eigenvalue weighted by atomic mass is 9.92. The quantitative estimate of drug-likeness (QED) is 0.291. The van der Waals surface area contributed by atoms with Gasteiger partial charge in [0.15, 0.2) is 0 Å². The molecule has 0 aliphatic carbocycles. The minimum atomic E-state index is 0.506. The second kappa shape index (κ2) is 12.7. The predicted octanol–water partition coefficient (Wildman–Crippen LogP) is 8.47. The van der Waals surface area contributed by atoms with Gasteiger partial charge in [0.2, 0.25) is 0 Å². The smallest absolute Gasteiger partial charge is 0.0196 e. The van der Waals surface area contributed by atoms with Crippen molar-refractivity contribution >= 4 is 0 Å². The fourth-order valence-electron chi connectivity index (χ4n) is 2.50. The van der Waals surface area contributed by atoms with E-state index in [0.29, 0.717) is 11.8 Å². The van der Waals surface area contributed by atoms with Gasteiger partial charge in [-0.3, -0.25) is 0 Å². The summed E-state index contributed by atoms with van der Waals surface area (Å²) in [5, 5.41) is 0. The van der Waals surface area contributed by atoms with Gasteiger partial charge in [-0.1, -0.05) is 116 Å². The second-order valence-corrected chi connectivity index (χ2v) is 8.61. The third-order valence-electron chi connectivity index (χ3n) is 5.03. The summed E-state index contributed by atoms with van der Waals surface area (Å²) in [4.78, 5) is 0. The number of hydrogen-bond acceptors (Lipinski definition) is 0. The van der Waals surface area contributed by atoms with Crippen molar-refractivity contribution in [3.8, 4) is 0 Å². The van der Waals surface area contributed by atoms with E-state index in [-0.39, 0.29) is 0 Å². The van der Waals surface area contributed by atoms with Crippen molar-refractivity contribution in [3.63, 3.8) is 0 Å². The van der Waals surface area contributed by atoms with Gasteiger partial charge in [0.05, 0.1) is 0 Å². The minimum Gasteiger partial charge on any atom is -0.0956 e. The molecule has 0 saturated carbocycles. The highest BCUT2D eigenvalue weighted by atomic mass is 14.1. The first-order chi connectivity index (χ1) is 12.0. The first kappa shape index (κ1) is 24.4. The predicted molar refractivity (Wildman–Crippen MR) is 121 cm³/mol. The largest absolute Gasteiger partial charge is 0.0956 e. The SMILES string of the molecule is C=C(/C=C\C(=C)C(C)CCC(C)C)C(=C)/C=C\C(=C)C(C)CCC(C)C. The van der Waals surface area contributed by atoms with Gasteiger partial charge in [-0.15, -0.1) is 0 Å². The van der Waals surface area contributed by atoms with Crippen molar-refractivity contribution in [1.29, 1.82) is 0 Å². The van der Waals surface area contributed by atoms with E-state index in [1.54, 1.807) is 0 Å². The maximum absolute atomic E-state index is 4.21. The first-order valence-electron chi connectivity index (χ1n) is 10.2. The third kappa shape index (κ3) is 11.1. The van der Waals surface area contributed by atoms with Crippen molar-refractivity contribution in [1.82, 2.24) is 0 Å². The van der Waals surface area contributed by atoms with Gasteiger partial charge in [0.1, 0.15) is 0 Å². The van der Waals surface area contributed by atoms with Gasteiger partial charge < -0.3 is 0 Å². The summed E-state index contributed by atoms with van der Waals surface area (Å²) >= 11 is 0. The lowest BCUT2D eigenvalue weighted by Gasteiger charge is -2.14. The Bertz CT molecular complexity index is 486. The Kier molecular flexibility index (Phi) is 12.0. The molecule has 0 N–H and O–H groups in total. The molecule has 0 aliphatic heterocycles. The van der Waals surface area contributed by atoms with Gasteiger partial charge in [-0.25, -0.2) is 0 Å². The topological polar surface area (TPSA) is 0 Å². The number of rotatable bonds is 13. The standard InChI is InChI=1S/C26H42/c1-19(2)11-13-21(5)23(7)15-17-25(9)26(10)18-16-24(8)22(6)14-12-20(3)4/h15-22H,7-14H2,1-6H3/b17-15-,18-16-. The molecule has 0 amide bonds. The first-order valence-corrected chi connectivity index (χ1v) is 10.2. The fourth-order valence-corrected chi connectivity index (χ4v) is 2.50. The lowest BCUT2D eigenvalue weighted by molar-refractivity contribution is 0.494. The summed E-state index contributed by atoms with van der Waals surface area (Å²) in [5.74, 6) is 2.49. The van der Waals surface area contributed by atoms with Gasteiger partial charge in [0, 0.05) is 0 Å². The van der Waals surface area contributed by atoms with Crippen LogP contribution >= 0.6 is 0 Å². The van der Waals surface area contributed by atoms with Crippen LogP contribution in [0.4, 0.5) is 0 Å². The highest BCUT2D eigenvalue weighted by molar-refractivity contribution is 5.45. The van der Waals surface area contributed by atoms with Gasteiger partial charge in [0.25, 0.3) is 0 Å². The van der Waals surface area contributed by atoms with E-state index in [9.17, 15) is 0 Å². The van der Waals surface area contributed by atoms with Crippen molar-refractivity contribution in [2.45, 2.75) is 67.2 Å². The molecular weight excluding hydrogens is 312 g/mol. The van der Waals surface area contributed by atoms with Crippen LogP contribution in [-0.2, 0) is 0 Å². The molecular formula is C26H42. The normalized spacial score (nSPS) is 14.3. The molecule has 0 spiro atoms. The van der Waals surface area contributed by atoms with Crippen LogP contribution in [0.2, 0.25) is 0 Å². The van der Waals surface area contributed by atoms with Crippen LogP contribution in [0, 0.1) is 23.7 Å². The Labute approximate surface area is 164 Å². The molecule has 0 heterocycles. The van der Waals surface area contributed by atoms with Crippen LogP contribution < -0.4 is 0 Å². The highest BCUT2D eigenvalue weighted by Crippen LogP contribution is 2.22. The monoisotopic (exact) mass is 354 g/mol. The molecule has 0 radical (unpaired) electrons. The average molecular weight is 355 g/mol. The molecule has 0 fully saturated rings. The van der Waals surface area contributed by atoms with E-state index in [1.807, 2.05) is 12.2 Å². The Morgan fingerprint density at radius 3 is 1.12 bits per heavy atom. The fraction of sp³-hybridized carbons (Fsp3) is 0.538. The van der Waals surface area contributed by atoms with Crippen molar-refractivity contribution in [2.75, 3.05) is 0 Å². The molecule has 2 atom stereocenters. The Morgan fingerprint density at radius 2 is 0.846 bits per heavy atom. The Morgan fingerprint density at radius 1 is 0.538 bits per heavy atom. The van der Waals surface area contributed by atoms with E-state index in [1.165, 1.54) is 25.7 Å². The molecule has 0 aromatic heterocycles.